The molecule has 7 heteroatoms. The standard InChI is InChI=1S/C20H19N3O4/c1-13-10-18(14(2)22(13)12-17-4-3-9-27-17)20(24)21-8-7-15-5-6-16(23(25)26)11-19(15)21/h3-6,9-11H,7-8,12H2,1-2H3. The summed E-state index contributed by atoms with van der Waals surface area (Å²) >= 11 is 0. The van der Waals surface area contributed by atoms with Crippen LogP contribution in [0.25, 0.3) is 0 Å². The van der Waals surface area contributed by atoms with Crippen molar-refractivity contribution >= 4 is 17.3 Å². The van der Waals surface area contributed by atoms with E-state index in [0.717, 1.165) is 22.7 Å². The minimum atomic E-state index is -0.434. The summed E-state index contributed by atoms with van der Waals surface area (Å²) in [7, 11) is 0. The lowest BCUT2D eigenvalue weighted by molar-refractivity contribution is -0.384. The Morgan fingerprint density at radius 1 is 1.26 bits per heavy atom. The number of aryl methyl sites for hydroxylation is 1. The number of carbonyl (C=O) groups excluding carboxylic acids is 1. The Labute approximate surface area is 156 Å². The molecule has 0 radical (unpaired) electrons. The van der Waals surface area contributed by atoms with Crippen LogP contribution in [0.1, 0.15) is 33.1 Å². The highest BCUT2D eigenvalue weighted by Gasteiger charge is 2.29. The number of furan rings is 1. The van der Waals surface area contributed by atoms with E-state index in [1.54, 1.807) is 17.2 Å². The summed E-state index contributed by atoms with van der Waals surface area (Å²) in [5, 5.41) is 11.1. The van der Waals surface area contributed by atoms with E-state index < -0.39 is 4.92 Å². The van der Waals surface area contributed by atoms with Crippen molar-refractivity contribution in [1.82, 2.24) is 4.57 Å². The molecule has 0 fully saturated rings. The number of rotatable bonds is 4. The fraction of sp³-hybridized carbons (Fsp3) is 0.250. The maximum atomic E-state index is 13.2. The Morgan fingerprint density at radius 3 is 2.78 bits per heavy atom. The van der Waals surface area contributed by atoms with Gasteiger partial charge in [0.2, 0.25) is 0 Å². The molecule has 27 heavy (non-hydrogen) atoms. The van der Waals surface area contributed by atoms with Crippen LogP contribution in [0.3, 0.4) is 0 Å². The lowest BCUT2D eigenvalue weighted by Crippen LogP contribution is -2.29. The Balaban J connectivity index is 1.67. The first-order valence-corrected chi connectivity index (χ1v) is 8.74. The van der Waals surface area contributed by atoms with Gasteiger partial charge in [-0.2, -0.15) is 0 Å². The van der Waals surface area contributed by atoms with Gasteiger partial charge >= 0.3 is 0 Å². The second-order valence-electron chi connectivity index (χ2n) is 6.73. The largest absolute Gasteiger partial charge is 0.467 e. The SMILES string of the molecule is Cc1cc(C(=O)N2CCc3ccc([N+](=O)[O-])cc32)c(C)n1Cc1ccco1. The van der Waals surface area contributed by atoms with Gasteiger partial charge in [0.25, 0.3) is 11.6 Å². The number of hydrogen-bond acceptors (Lipinski definition) is 4. The highest BCUT2D eigenvalue weighted by atomic mass is 16.6. The molecule has 0 N–H and O–H groups in total. The molecule has 1 aliphatic heterocycles. The van der Waals surface area contributed by atoms with E-state index in [4.69, 9.17) is 4.42 Å². The first kappa shape index (κ1) is 17.1. The predicted octanol–water partition coefficient (Wildman–Crippen LogP) is 3.86. The number of benzene rings is 1. The first-order valence-electron chi connectivity index (χ1n) is 8.74. The van der Waals surface area contributed by atoms with Gasteiger partial charge in [-0.05, 0) is 44.0 Å². The topological polar surface area (TPSA) is 81.5 Å². The number of non-ortho nitro benzene ring substituents is 1. The second kappa shape index (κ2) is 6.42. The van der Waals surface area contributed by atoms with E-state index in [-0.39, 0.29) is 11.6 Å². The van der Waals surface area contributed by atoms with Crippen molar-refractivity contribution in [1.29, 1.82) is 0 Å². The van der Waals surface area contributed by atoms with Gasteiger partial charge in [-0.25, -0.2) is 0 Å². The van der Waals surface area contributed by atoms with Crippen LogP contribution in [0, 0.1) is 24.0 Å². The van der Waals surface area contributed by atoms with Gasteiger partial charge in [0.1, 0.15) is 5.76 Å². The highest BCUT2D eigenvalue weighted by Crippen LogP contribution is 2.33. The lowest BCUT2D eigenvalue weighted by atomic mass is 10.1. The van der Waals surface area contributed by atoms with E-state index in [1.165, 1.54) is 12.1 Å². The van der Waals surface area contributed by atoms with Crippen LogP contribution in [0.5, 0.6) is 0 Å². The molecule has 3 aromatic rings. The van der Waals surface area contributed by atoms with Crippen LogP contribution in [-0.2, 0) is 13.0 Å². The zero-order chi connectivity index (χ0) is 19.1. The molecule has 0 unspecified atom stereocenters. The van der Waals surface area contributed by atoms with Crippen molar-refractivity contribution in [2.24, 2.45) is 0 Å². The molecule has 7 nitrogen and oxygen atoms in total. The third-order valence-electron chi connectivity index (χ3n) is 5.12. The quantitative estimate of drug-likeness (QED) is 0.519. The first-order chi connectivity index (χ1) is 13.0. The minimum absolute atomic E-state index is 0.00302. The van der Waals surface area contributed by atoms with Crippen molar-refractivity contribution < 1.29 is 14.1 Å². The summed E-state index contributed by atoms with van der Waals surface area (Å²) in [5.74, 6) is 0.686. The monoisotopic (exact) mass is 365 g/mol. The molecule has 3 heterocycles. The smallest absolute Gasteiger partial charge is 0.271 e. The maximum absolute atomic E-state index is 13.2. The fourth-order valence-electron chi connectivity index (χ4n) is 3.66. The Bertz CT molecular complexity index is 1030. The zero-order valence-electron chi connectivity index (χ0n) is 15.1. The van der Waals surface area contributed by atoms with E-state index in [2.05, 4.69) is 0 Å². The van der Waals surface area contributed by atoms with E-state index in [0.29, 0.717) is 30.8 Å². The molecule has 138 valence electrons. The number of nitro benzene ring substituents is 1. The summed E-state index contributed by atoms with van der Waals surface area (Å²) in [6.07, 6.45) is 2.33. The summed E-state index contributed by atoms with van der Waals surface area (Å²) < 4.78 is 7.46. The molecule has 4 rings (SSSR count). The van der Waals surface area contributed by atoms with Gasteiger partial charge in [0.05, 0.1) is 29.0 Å². The molecule has 1 aliphatic rings. The molecule has 2 aromatic heterocycles. The van der Waals surface area contributed by atoms with Crippen molar-refractivity contribution in [3.05, 3.63) is 81.1 Å². The molecule has 0 saturated heterocycles. The Kier molecular flexibility index (Phi) is 4.07. The van der Waals surface area contributed by atoms with Gasteiger partial charge in [-0.3, -0.25) is 14.9 Å². The number of fused-ring (bicyclic) bond motifs is 1. The van der Waals surface area contributed by atoms with E-state index in [9.17, 15) is 14.9 Å². The summed E-state index contributed by atoms with van der Waals surface area (Å²) in [6.45, 7) is 4.94. The summed E-state index contributed by atoms with van der Waals surface area (Å²) in [5.41, 5.74) is 4.01. The molecular weight excluding hydrogens is 346 g/mol. The van der Waals surface area contributed by atoms with Crippen LogP contribution < -0.4 is 4.90 Å². The number of aromatic nitrogens is 1. The molecule has 0 saturated carbocycles. The minimum Gasteiger partial charge on any atom is -0.467 e. The number of nitro groups is 1. The van der Waals surface area contributed by atoms with Gasteiger partial charge < -0.3 is 13.9 Å². The highest BCUT2D eigenvalue weighted by molar-refractivity contribution is 6.08. The van der Waals surface area contributed by atoms with Gasteiger partial charge in [-0.15, -0.1) is 0 Å². The zero-order valence-corrected chi connectivity index (χ0v) is 15.1. The van der Waals surface area contributed by atoms with Crippen molar-refractivity contribution in [2.45, 2.75) is 26.8 Å². The third kappa shape index (κ3) is 2.91. The van der Waals surface area contributed by atoms with E-state index >= 15 is 0 Å². The fourth-order valence-corrected chi connectivity index (χ4v) is 3.66. The molecule has 0 bridgehead atoms. The van der Waals surface area contributed by atoms with Crippen molar-refractivity contribution in [3.63, 3.8) is 0 Å². The van der Waals surface area contributed by atoms with Crippen LogP contribution in [0.15, 0.2) is 47.1 Å². The van der Waals surface area contributed by atoms with Crippen LogP contribution in [-0.4, -0.2) is 21.9 Å². The second-order valence-corrected chi connectivity index (χ2v) is 6.73. The number of nitrogens with zero attached hydrogens (tertiary/aromatic N) is 3. The predicted molar refractivity (Wildman–Crippen MR) is 100 cm³/mol. The normalized spacial score (nSPS) is 13.0. The number of carbonyl (C=O) groups is 1. The maximum Gasteiger partial charge on any atom is 0.271 e. The van der Waals surface area contributed by atoms with Crippen LogP contribution in [0.4, 0.5) is 11.4 Å². The van der Waals surface area contributed by atoms with Gasteiger partial charge in [0.15, 0.2) is 0 Å². The van der Waals surface area contributed by atoms with Crippen LogP contribution >= 0.6 is 0 Å². The number of hydrogen-bond donors (Lipinski definition) is 0. The lowest BCUT2D eigenvalue weighted by Gasteiger charge is -2.17. The average molecular weight is 365 g/mol. The Morgan fingerprint density at radius 2 is 2.07 bits per heavy atom. The van der Waals surface area contributed by atoms with Gasteiger partial charge in [0, 0.05) is 30.1 Å². The van der Waals surface area contributed by atoms with Crippen molar-refractivity contribution in [2.75, 3.05) is 11.4 Å². The molecule has 0 spiro atoms. The molecule has 1 amide bonds. The Hall–Kier alpha value is -3.35. The number of anilines is 1. The third-order valence-corrected chi connectivity index (χ3v) is 5.12. The molecule has 1 aromatic carbocycles. The summed E-state index contributed by atoms with van der Waals surface area (Å²) in [6, 6.07) is 10.3. The average Bonchev–Trinajstić information content (AvgIpc) is 3.36. The number of amides is 1. The van der Waals surface area contributed by atoms with E-state index in [1.807, 2.05) is 36.6 Å². The molecule has 0 atom stereocenters. The van der Waals surface area contributed by atoms with Crippen molar-refractivity contribution in [3.8, 4) is 0 Å². The van der Waals surface area contributed by atoms with Gasteiger partial charge in [-0.1, -0.05) is 6.07 Å². The molecule has 0 aliphatic carbocycles. The molecular formula is C20H19N3O4. The van der Waals surface area contributed by atoms with Crippen LogP contribution in [0.2, 0.25) is 0 Å². The summed E-state index contributed by atoms with van der Waals surface area (Å²) in [4.78, 5) is 25.5.